The molecule has 0 aromatic carbocycles. The topological polar surface area (TPSA) is 68.8 Å². The number of pyridine rings is 1. The Morgan fingerprint density at radius 1 is 1.32 bits per heavy atom. The zero-order chi connectivity index (χ0) is 13.1. The minimum Gasteiger partial charge on any atom is -0.472 e. The van der Waals surface area contributed by atoms with Crippen LogP contribution in [0.4, 0.5) is 5.69 Å². The van der Waals surface area contributed by atoms with E-state index in [1.807, 2.05) is 18.2 Å². The lowest BCUT2D eigenvalue weighted by Gasteiger charge is -2.13. The summed E-state index contributed by atoms with van der Waals surface area (Å²) >= 11 is 0. The van der Waals surface area contributed by atoms with Gasteiger partial charge in [0.2, 0.25) is 0 Å². The van der Waals surface area contributed by atoms with Gasteiger partial charge >= 0.3 is 0 Å². The molecule has 0 aliphatic heterocycles. The fourth-order valence-corrected chi connectivity index (χ4v) is 1.79. The van der Waals surface area contributed by atoms with Crippen molar-refractivity contribution in [1.82, 2.24) is 19.7 Å². The molecule has 0 saturated carbocycles. The number of rotatable bonds is 4. The van der Waals surface area contributed by atoms with Crippen LogP contribution in [0.25, 0.3) is 5.82 Å². The van der Waals surface area contributed by atoms with Crippen LogP contribution in [0.3, 0.4) is 0 Å². The van der Waals surface area contributed by atoms with Crippen molar-refractivity contribution >= 4 is 5.69 Å². The fourth-order valence-electron chi connectivity index (χ4n) is 1.79. The highest BCUT2D eigenvalue weighted by Crippen LogP contribution is 2.19. The third-order valence-electron chi connectivity index (χ3n) is 2.83. The van der Waals surface area contributed by atoms with E-state index in [1.54, 1.807) is 29.7 Å². The van der Waals surface area contributed by atoms with Gasteiger partial charge in [-0.25, -0.2) is 14.6 Å². The predicted molar refractivity (Wildman–Crippen MR) is 69.9 cm³/mol. The van der Waals surface area contributed by atoms with Gasteiger partial charge in [-0.1, -0.05) is 0 Å². The number of nitrogens with zero attached hydrogens (tertiary/aromatic N) is 4. The van der Waals surface area contributed by atoms with Crippen LogP contribution in [0.1, 0.15) is 18.5 Å². The van der Waals surface area contributed by atoms with Crippen LogP contribution >= 0.6 is 0 Å². The smallest absolute Gasteiger partial charge is 0.155 e. The van der Waals surface area contributed by atoms with Gasteiger partial charge in [-0.05, 0) is 25.1 Å². The summed E-state index contributed by atoms with van der Waals surface area (Å²) in [5.41, 5.74) is 2.04. The van der Waals surface area contributed by atoms with E-state index in [0.29, 0.717) is 0 Å². The van der Waals surface area contributed by atoms with Gasteiger partial charge in [-0.2, -0.15) is 5.10 Å². The van der Waals surface area contributed by atoms with Gasteiger partial charge in [0, 0.05) is 5.56 Å². The van der Waals surface area contributed by atoms with Gasteiger partial charge in [-0.3, -0.25) is 0 Å². The molecular weight excluding hydrogens is 242 g/mol. The van der Waals surface area contributed by atoms with E-state index in [1.165, 1.54) is 6.33 Å². The Morgan fingerprint density at radius 3 is 2.89 bits per heavy atom. The fraction of sp³-hybridized carbons (Fsp3) is 0.154. The van der Waals surface area contributed by atoms with Gasteiger partial charge in [0.1, 0.15) is 12.7 Å². The zero-order valence-corrected chi connectivity index (χ0v) is 10.4. The summed E-state index contributed by atoms with van der Waals surface area (Å²) in [5.74, 6) is 0.735. The van der Waals surface area contributed by atoms with Crippen molar-refractivity contribution in [3.05, 3.63) is 55.1 Å². The lowest BCUT2D eigenvalue weighted by atomic mass is 10.2. The monoisotopic (exact) mass is 255 g/mol. The quantitative estimate of drug-likeness (QED) is 0.775. The molecule has 1 N–H and O–H groups in total. The molecule has 3 aromatic rings. The first kappa shape index (κ1) is 11.5. The van der Waals surface area contributed by atoms with Crippen molar-refractivity contribution in [2.45, 2.75) is 13.0 Å². The lowest BCUT2D eigenvalue weighted by Crippen LogP contribution is -2.06. The molecule has 3 rings (SSSR count). The largest absolute Gasteiger partial charge is 0.472 e. The van der Waals surface area contributed by atoms with Gasteiger partial charge in [0.05, 0.1) is 30.5 Å². The second-order valence-electron chi connectivity index (χ2n) is 4.17. The van der Waals surface area contributed by atoms with Crippen molar-refractivity contribution in [2.75, 3.05) is 5.32 Å². The number of furan rings is 1. The van der Waals surface area contributed by atoms with Crippen LogP contribution in [0, 0.1) is 0 Å². The van der Waals surface area contributed by atoms with Crippen molar-refractivity contribution < 1.29 is 4.42 Å². The first-order valence-electron chi connectivity index (χ1n) is 5.92. The van der Waals surface area contributed by atoms with E-state index in [2.05, 4.69) is 27.3 Å². The van der Waals surface area contributed by atoms with Crippen LogP contribution in [-0.2, 0) is 0 Å². The molecular formula is C13H13N5O. The first-order valence-corrected chi connectivity index (χ1v) is 5.92. The maximum atomic E-state index is 5.07. The maximum Gasteiger partial charge on any atom is 0.155 e. The van der Waals surface area contributed by atoms with Crippen molar-refractivity contribution in [2.24, 2.45) is 0 Å². The summed E-state index contributed by atoms with van der Waals surface area (Å²) in [6.45, 7) is 2.07. The molecule has 0 fully saturated rings. The normalized spacial score (nSPS) is 12.3. The summed E-state index contributed by atoms with van der Waals surface area (Å²) in [5, 5.41) is 7.38. The predicted octanol–water partition coefficient (Wildman–Crippen LogP) is 2.43. The molecule has 19 heavy (non-hydrogen) atoms. The van der Waals surface area contributed by atoms with Crippen molar-refractivity contribution in [3.8, 4) is 5.82 Å². The molecule has 6 heteroatoms. The molecule has 0 radical (unpaired) electrons. The summed E-state index contributed by atoms with van der Waals surface area (Å²) in [7, 11) is 0. The number of nitrogens with one attached hydrogen (secondary N) is 1. The highest BCUT2D eigenvalue weighted by molar-refractivity contribution is 5.45. The van der Waals surface area contributed by atoms with Crippen LogP contribution < -0.4 is 5.32 Å². The van der Waals surface area contributed by atoms with Crippen LogP contribution in [-0.4, -0.2) is 19.7 Å². The number of hydrogen-bond acceptors (Lipinski definition) is 5. The van der Waals surface area contributed by atoms with Crippen LogP contribution in [0.5, 0.6) is 0 Å². The van der Waals surface area contributed by atoms with Crippen molar-refractivity contribution in [3.63, 3.8) is 0 Å². The summed E-state index contributed by atoms with van der Waals surface area (Å²) in [6, 6.07) is 5.95. The standard InChI is InChI=1S/C13H13N5O/c1-10(11-4-5-19-7-11)17-12-2-3-13(15-6-12)18-9-14-8-16-18/h2-10,17H,1H3. The van der Waals surface area contributed by atoms with Gasteiger partial charge in [-0.15, -0.1) is 0 Å². The van der Waals surface area contributed by atoms with Gasteiger partial charge in [0.15, 0.2) is 5.82 Å². The highest BCUT2D eigenvalue weighted by Gasteiger charge is 2.07. The molecule has 0 bridgehead atoms. The van der Waals surface area contributed by atoms with E-state index >= 15 is 0 Å². The molecule has 0 amide bonds. The molecule has 3 aromatic heterocycles. The molecule has 0 aliphatic carbocycles. The average Bonchev–Trinajstić information content (AvgIpc) is 3.13. The molecule has 6 nitrogen and oxygen atoms in total. The van der Waals surface area contributed by atoms with E-state index in [0.717, 1.165) is 17.1 Å². The van der Waals surface area contributed by atoms with E-state index < -0.39 is 0 Å². The Kier molecular flexibility index (Phi) is 2.97. The Bertz CT molecular complexity index is 616. The minimum absolute atomic E-state index is 0.165. The summed E-state index contributed by atoms with van der Waals surface area (Å²) in [6.07, 6.45) is 8.26. The minimum atomic E-state index is 0.165. The molecule has 0 spiro atoms. The van der Waals surface area contributed by atoms with Crippen molar-refractivity contribution in [1.29, 1.82) is 0 Å². The first-order chi connectivity index (χ1) is 9.33. The highest BCUT2D eigenvalue weighted by atomic mass is 16.3. The number of aromatic nitrogens is 4. The zero-order valence-electron chi connectivity index (χ0n) is 10.4. The average molecular weight is 255 g/mol. The van der Waals surface area contributed by atoms with E-state index in [-0.39, 0.29) is 6.04 Å². The third-order valence-corrected chi connectivity index (χ3v) is 2.83. The Morgan fingerprint density at radius 2 is 2.26 bits per heavy atom. The van der Waals surface area contributed by atoms with Crippen LogP contribution in [0.15, 0.2) is 54.0 Å². The van der Waals surface area contributed by atoms with E-state index in [9.17, 15) is 0 Å². The SMILES string of the molecule is CC(Nc1ccc(-n2cncn2)nc1)c1ccoc1. The van der Waals surface area contributed by atoms with E-state index in [4.69, 9.17) is 4.42 Å². The molecule has 1 atom stereocenters. The summed E-state index contributed by atoms with van der Waals surface area (Å²) < 4.78 is 6.68. The Labute approximate surface area is 110 Å². The second-order valence-corrected chi connectivity index (χ2v) is 4.17. The van der Waals surface area contributed by atoms with Gasteiger partial charge < -0.3 is 9.73 Å². The molecule has 0 saturated heterocycles. The maximum absolute atomic E-state index is 5.07. The molecule has 0 aliphatic rings. The molecule has 1 unspecified atom stereocenters. The van der Waals surface area contributed by atoms with Gasteiger partial charge in [0.25, 0.3) is 0 Å². The Hall–Kier alpha value is -2.63. The Balaban J connectivity index is 1.73. The molecule has 96 valence electrons. The summed E-state index contributed by atoms with van der Waals surface area (Å²) in [4.78, 5) is 8.22. The second kappa shape index (κ2) is 4.93. The van der Waals surface area contributed by atoms with Crippen LogP contribution in [0.2, 0.25) is 0 Å². The lowest BCUT2D eigenvalue weighted by molar-refractivity contribution is 0.562. The number of anilines is 1. The molecule has 3 heterocycles. The third kappa shape index (κ3) is 2.47. The number of hydrogen-bond donors (Lipinski definition) is 1.